The number of Topliss-reactive ketones (excluding diaryl/α,β-unsaturated/α-hetero) is 1. The smallest absolute Gasteiger partial charge is 0.300 e. The Morgan fingerprint density at radius 3 is 2.42 bits per heavy atom. The minimum Gasteiger partial charge on any atom is -0.507 e. The number of hydrogen-bond donors (Lipinski definition) is 1. The van der Waals surface area contributed by atoms with E-state index in [1.54, 1.807) is 55.5 Å². The van der Waals surface area contributed by atoms with Gasteiger partial charge in [0.2, 0.25) is 0 Å². The normalized spacial score (nSPS) is 17.9. The van der Waals surface area contributed by atoms with E-state index >= 15 is 0 Å². The molecule has 6 nitrogen and oxygen atoms in total. The fraction of sp³-hybridized carbons (Fsp3) is 0.200. The molecule has 0 radical (unpaired) electrons. The summed E-state index contributed by atoms with van der Waals surface area (Å²) in [6, 6.07) is 14.9. The number of hydrogen-bond acceptors (Lipinski definition) is 5. The van der Waals surface area contributed by atoms with Gasteiger partial charge in [0.15, 0.2) is 0 Å². The van der Waals surface area contributed by atoms with Crippen molar-refractivity contribution in [2.45, 2.75) is 26.8 Å². The number of aliphatic hydroxyl groups excluding tert-OH is 1. The lowest BCUT2D eigenvalue weighted by molar-refractivity contribution is -0.132. The molecule has 3 aromatic rings. The van der Waals surface area contributed by atoms with Crippen LogP contribution < -0.4 is 9.64 Å². The number of benzene rings is 2. The number of carbonyl (C=O) groups is 2. The van der Waals surface area contributed by atoms with Crippen LogP contribution in [0, 0.1) is 20.8 Å². The highest BCUT2D eigenvalue weighted by atomic mass is 16.5. The predicted molar refractivity (Wildman–Crippen MR) is 117 cm³/mol. The number of methoxy groups -OCH3 is 1. The van der Waals surface area contributed by atoms with Crippen LogP contribution in [-0.4, -0.2) is 23.9 Å². The highest BCUT2D eigenvalue weighted by molar-refractivity contribution is 6.51. The molecule has 31 heavy (non-hydrogen) atoms. The molecular formula is C25H23NO5. The zero-order chi connectivity index (χ0) is 22.3. The van der Waals surface area contributed by atoms with Crippen LogP contribution in [0.5, 0.6) is 5.75 Å². The van der Waals surface area contributed by atoms with Crippen LogP contribution in [-0.2, 0) is 9.59 Å². The average Bonchev–Trinajstić information content (AvgIpc) is 3.30. The van der Waals surface area contributed by atoms with Crippen LogP contribution in [0.2, 0.25) is 0 Å². The van der Waals surface area contributed by atoms with Crippen molar-refractivity contribution in [3.05, 3.63) is 88.4 Å². The summed E-state index contributed by atoms with van der Waals surface area (Å²) < 4.78 is 11.1. The van der Waals surface area contributed by atoms with Gasteiger partial charge in [-0.2, -0.15) is 0 Å². The Morgan fingerprint density at radius 2 is 1.77 bits per heavy atom. The fourth-order valence-electron chi connectivity index (χ4n) is 3.77. The number of rotatable bonds is 4. The van der Waals surface area contributed by atoms with E-state index in [-0.39, 0.29) is 11.3 Å². The van der Waals surface area contributed by atoms with Crippen LogP contribution >= 0.6 is 0 Å². The van der Waals surface area contributed by atoms with Gasteiger partial charge in [0.25, 0.3) is 11.7 Å². The number of amides is 1. The van der Waals surface area contributed by atoms with Crippen molar-refractivity contribution >= 4 is 23.1 Å². The number of ether oxygens (including phenoxy) is 1. The molecule has 0 saturated carbocycles. The molecule has 1 N–H and O–H groups in total. The second-order valence-electron chi connectivity index (χ2n) is 7.62. The number of anilines is 1. The van der Waals surface area contributed by atoms with Crippen molar-refractivity contribution in [1.29, 1.82) is 0 Å². The van der Waals surface area contributed by atoms with Gasteiger partial charge < -0.3 is 14.3 Å². The van der Waals surface area contributed by atoms with Crippen molar-refractivity contribution in [3.63, 3.8) is 0 Å². The second-order valence-corrected chi connectivity index (χ2v) is 7.62. The Labute approximate surface area is 180 Å². The van der Waals surface area contributed by atoms with Crippen molar-refractivity contribution in [3.8, 4) is 5.75 Å². The van der Waals surface area contributed by atoms with Crippen molar-refractivity contribution in [2.24, 2.45) is 0 Å². The van der Waals surface area contributed by atoms with Crippen molar-refractivity contribution < 1.29 is 23.8 Å². The zero-order valence-electron chi connectivity index (χ0n) is 17.8. The van der Waals surface area contributed by atoms with E-state index in [0.29, 0.717) is 28.5 Å². The Balaban J connectivity index is 1.94. The first-order chi connectivity index (χ1) is 14.8. The number of aryl methyl sites for hydroxylation is 3. The Morgan fingerprint density at radius 1 is 1.00 bits per heavy atom. The van der Waals surface area contributed by atoms with Gasteiger partial charge in [0.1, 0.15) is 29.1 Å². The molecule has 1 amide bonds. The van der Waals surface area contributed by atoms with Crippen molar-refractivity contribution in [1.82, 2.24) is 0 Å². The van der Waals surface area contributed by atoms with Crippen LogP contribution in [0.3, 0.4) is 0 Å². The average molecular weight is 417 g/mol. The van der Waals surface area contributed by atoms with Gasteiger partial charge >= 0.3 is 0 Å². The lowest BCUT2D eigenvalue weighted by Gasteiger charge is -2.23. The molecule has 1 aromatic heterocycles. The summed E-state index contributed by atoms with van der Waals surface area (Å²) in [5.74, 6) is -0.161. The number of carbonyl (C=O) groups excluding carboxylic acids is 2. The van der Waals surface area contributed by atoms with Crippen LogP contribution in [0.1, 0.15) is 34.3 Å². The largest absolute Gasteiger partial charge is 0.507 e. The number of ketones is 1. The van der Waals surface area contributed by atoms with Gasteiger partial charge in [-0.1, -0.05) is 18.2 Å². The van der Waals surface area contributed by atoms with E-state index < -0.39 is 17.7 Å². The minimum atomic E-state index is -0.901. The third kappa shape index (κ3) is 3.50. The maximum atomic E-state index is 13.1. The zero-order valence-corrected chi connectivity index (χ0v) is 17.8. The van der Waals surface area contributed by atoms with Crippen LogP contribution in [0.15, 0.2) is 64.6 Å². The first-order valence-electron chi connectivity index (χ1n) is 9.91. The minimum absolute atomic E-state index is 0.00887. The van der Waals surface area contributed by atoms with Gasteiger partial charge in [-0.3, -0.25) is 14.5 Å². The van der Waals surface area contributed by atoms with E-state index in [4.69, 9.17) is 9.15 Å². The molecular weight excluding hydrogens is 394 g/mol. The topological polar surface area (TPSA) is 80.0 Å². The molecule has 1 unspecified atom stereocenters. The number of aliphatic hydroxyl groups is 1. The van der Waals surface area contributed by atoms with E-state index in [2.05, 4.69) is 0 Å². The molecule has 1 atom stereocenters. The summed E-state index contributed by atoms with van der Waals surface area (Å²) in [6.07, 6.45) is 0. The molecule has 1 aliphatic rings. The molecule has 2 aromatic carbocycles. The summed E-state index contributed by atoms with van der Waals surface area (Å²) in [6.45, 7) is 5.67. The number of furan rings is 1. The van der Waals surface area contributed by atoms with Gasteiger partial charge in [-0.25, -0.2) is 0 Å². The summed E-state index contributed by atoms with van der Waals surface area (Å²) in [7, 11) is 1.53. The predicted octanol–water partition coefficient (Wildman–Crippen LogP) is 4.84. The van der Waals surface area contributed by atoms with Crippen LogP contribution in [0.4, 0.5) is 5.69 Å². The Hall–Kier alpha value is -3.80. The first kappa shape index (κ1) is 20.5. The quantitative estimate of drug-likeness (QED) is 0.373. The lowest BCUT2D eigenvalue weighted by atomic mass is 9.97. The second kappa shape index (κ2) is 7.80. The van der Waals surface area contributed by atoms with Crippen LogP contribution in [0.25, 0.3) is 5.76 Å². The molecule has 0 bridgehead atoms. The van der Waals surface area contributed by atoms with Gasteiger partial charge in [-0.05, 0) is 62.2 Å². The van der Waals surface area contributed by atoms with Gasteiger partial charge in [0.05, 0.1) is 12.7 Å². The molecule has 1 fully saturated rings. The Kier molecular flexibility index (Phi) is 5.15. The third-order valence-corrected chi connectivity index (χ3v) is 5.59. The third-order valence-electron chi connectivity index (χ3n) is 5.59. The first-order valence-corrected chi connectivity index (χ1v) is 9.91. The molecule has 4 rings (SSSR count). The molecule has 1 saturated heterocycles. The van der Waals surface area contributed by atoms with E-state index in [0.717, 1.165) is 11.1 Å². The maximum absolute atomic E-state index is 13.1. The maximum Gasteiger partial charge on any atom is 0.300 e. The number of nitrogens with zero attached hydrogens (tertiary/aromatic N) is 1. The summed E-state index contributed by atoms with van der Waals surface area (Å²) in [4.78, 5) is 27.6. The fourth-order valence-corrected chi connectivity index (χ4v) is 3.77. The van der Waals surface area contributed by atoms with Crippen molar-refractivity contribution in [2.75, 3.05) is 12.0 Å². The van der Waals surface area contributed by atoms with E-state index in [1.807, 2.05) is 19.9 Å². The molecule has 1 aliphatic heterocycles. The highest BCUT2D eigenvalue weighted by Crippen LogP contribution is 2.43. The molecule has 6 heteroatoms. The van der Waals surface area contributed by atoms with E-state index in [1.165, 1.54) is 12.0 Å². The SMILES string of the molecule is COc1cccc(N2C(=O)C(=O)/C(=C(\O)c3ccc(C)c(C)c3)C2c2ccc(C)o2)c1. The molecule has 2 heterocycles. The monoisotopic (exact) mass is 417 g/mol. The molecule has 0 aliphatic carbocycles. The molecule has 0 spiro atoms. The molecule has 158 valence electrons. The van der Waals surface area contributed by atoms with Gasteiger partial charge in [-0.15, -0.1) is 0 Å². The highest BCUT2D eigenvalue weighted by Gasteiger charge is 2.48. The standard InChI is InChI=1S/C25H23NO5/c1-14-8-10-17(12-15(14)2)23(27)21-22(20-11-9-16(3)31-20)26(25(29)24(21)28)18-6-5-7-19(13-18)30-4/h5-13,22,27H,1-4H3/b23-21-. The summed E-state index contributed by atoms with van der Waals surface area (Å²) >= 11 is 0. The lowest BCUT2D eigenvalue weighted by Crippen LogP contribution is -2.29. The Bertz CT molecular complexity index is 1220. The summed E-state index contributed by atoms with van der Waals surface area (Å²) in [5, 5.41) is 11.1. The summed E-state index contributed by atoms with van der Waals surface area (Å²) in [5.41, 5.74) is 2.97. The van der Waals surface area contributed by atoms with E-state index in [9.17, 15) is 14.7 Å². The van der Waals surface area contributed by atoms with Gasteiger partial charge in [0, 0.05) is 17.3 Å².